The van der Waals surface area contributed by atoms with E-state index in [0.29, 0.717) is 6.61 Å². The maximum Gasteiger partial charge on any atom is 0.513 e. The minimum absolute atomic E-state index is 0.255. The number of carbonyl (C=O) groups is 1. The summed E-state index contributed by atoms with van der Waals surface area (Å²) in [5, 5.41) is 0. The fourth-order valence-corrected chi connectivity index (χ4v) is 0.863. The van der Waals surface area contributed by atoms with Crippen molar-refractivity contribution in [3.63, 3.8) is 0 Å². The number of rotatable bonds is 3. The number of ether oxygens (including phenoxy) is 2. The Hall–Kier alpha value is -1.58. The summed E-state index contributed by atoms with van der Waals surface area (Å²) in [7, 11) is 0. The SMILES string of the molecule is CC(C)COC(=O)Oc1ccc(F)cc1. The molecule has 15 heavy (non-hydrogen) atoms. The molecule has 0 aromatic heterocycles. The molecule has 0 amide bonds. The van der Waals surface area contributed by atoms with Gasteiger partial charge in [-0.1, -0.05) is 13.8 Å². The van der Waals surface area contributed by atoms with E-state index < -0.39 is 6.16 Å². The first-order valence-electron chi connectivity index (χ1n) is 4.68. The highest BCUT2D eigenvalue weighted by Crippen LogP contribution is 2.11. The lowest BCUT2D eigenvalue weighted by molar-refractivity contribution is 0.0885. The molecule has 82 valence electrons. The predicted octanol–water partition coefficient (Wildman–Crippen LogP) is 3.00. The summed E-state index contributed by atoms with van der Waals surface area (Å²) in [6.07, 6.45) is -0.768. The summed E-state index contributed by atoms with van der Waals surface area (Å²) < 4.78 is 22.1. The normalized spacial score (nSPS) is 10.1. The smallest absolute Gasteiger partial charge is 0.434 e. The molecule has 0 unspecified atom stereocenters. The molecule has 0 heterocycles. The van der Waals surface area contributed by atoms with Crippen molar-refractivity contribution in [2.45, 2.75) is 13.8 Å². The van der Waals surface area contributed by atoms with E-state index in [9.17, 15) is 9.18 Å². The van der Waals surface area contributed by atoms with Crippen LogP contribution in [0.25, 0.3) is 0 Å². The third-order valence-electron chi connectivity index (χ3n) is 1.55. The van der Waals surface area contributed by atoms with Gasteiger partial charge in [-0.15, -0.1) is 0 Å². The van der Waals surface area contributed by atoms with Crippen molar-refractivity contribution >= 4 is 6.16 Å². The number of hydrogen-bond donors (Lipinski definition) is 0. The van der Waals surface area contributed by atoms with Crippen molar-refractivity contribution < 1.29 is 18.7 Å². The van der Waals surface area contributed by atoms with Crippen molar-refractivity contribution in [1.82, 2.24) is 0 Å². The second-order valence-corrected chi connectivity index (χ2v) is 3.51. The Bertz CT molecular complexity index is 319. The van der Waals surface area contributed by atoms with Gasteiger partial charge in [-0.25, -0.2) is 9.18 Å². The number of hydrogen-bond acceptors (Lipinski definition) is 3. The summed E-state index contributed by atoms with van der Waals surface area (Å²) in [5.74, 6) is 0.147. The lowest BCUT2D eigenvalue weighted by atomic mass is 10.2. The van der Waals surface area contributed by atoms with Crippen LogP contribution in [0.15, 0.2) is 24.3 Å². The zero-order valence-corrected chi connectivity index (χ0v) is 8.70. The van der Waals surface area contributed by atoms with Gasteiger partial charge in [0.05, 0.1) is 6.61 Å². The second kappa shape index (κ2) is 5.34. The first-order valence-corrected chi connectivity index (χ1v) is 4.68. The average molecular weight is 212 g/mol. The largest absolute Gasteiger partial charge is 0.513 e. The Morgan fingerprint density at radius 2 is 1.93 bits per heavy atom. The number of carbonyl (C=O) groups excluding carboxylic acids is 1. The molecule has 3 nitrogen and oxygen atoms in total. The summed E-state index contributed by atoms with van der Waals surface area (Å²) in [6.45, 7) is 4.15. The summed E-state index contributed by atoms with van der Waals surface area (Å²) >= 11 is 0. The van der Waals surface area contributed by atoms with Crippen LogP contribution in [-0.4, -0.2) is 12.8 Å². The fourth-order valence-electron chi connectivity index (χ4n) is 0.863. The Kier molecular flexibility index (Phi) is 4.09. The lowest BCUT2D eigenvalue weighted by Gasteiger charge is -2.07. The van der Waals surface area contributed by atoms with Gasteiger partial charge in [-0.3, -0.25) is 0 Å². The highest BCUT2D eigenvalue weighted by molar-refractivity contribution is 5.63. The third-order valence-corrected chi connectivity index (χ3v) is 1.55. The fraction of sp³-hybridized carbons (Fsp3) is 0.364. The van der Waals surface area contributed by atoms with Gasteiger partial charge in [0.15, 0.2) is 0 Å². The lowest BCUT2D eigenvalue weighted by Crippen LogP contribution is -2.14. The Morgan fingerprint density at radius 1 is 1.33 bits per heavy atom. The van der Waals surface area contributed by atoms with Crippen LogP contribution in [0, 0.1) is 11.7 Å². The van der Waals surface area contributed by atoms with Crippen molar-refractivity contribution in [1.29, 1.82) is 0 Å². The maximum absolute atomic E-state index is 12.5. The van der Waals surface area contributed by atoms with Crippen LogP contribution in [0.4, 0.5) is 9.18 Å². The van der Waals surface area contributed by atoms with E-state index in [1.54, 1.807) is 0 Å². The van der Waals surface area contributed by atoms with Crippen LogP contribution in [-0.2, 0) is 4.74 Å². The van der Waals surface area contributed by atoms with Gasteiger partial charge in [-0.2, -0.15) is 0 Å². The topological polar surface area (TPSA) is 35.5 Å². The van der Waals surface area contributed by atoms with Crippen LogP contribution in [0.1, 0.15) is 13.8 Å². The molecular weight excluding hydrogens is 199 g/mol. The highest BCUT2D eigenvalue weighted by atomic mass is 19.1. The molecule has 0 aliphatic rings. The van der Waals surface area contributed by atoms with Crippen LogP contribution >= 0.6 is 0 Å². The van der Waals surface area contributed by atoms with Crippen LogP contribution < -0.4 is 4.74 Å². The van der Waals surface area contributed by atoms with E-state index in [1.165, 1.54) is 24.3 Å². The molecule has 0 radical (unpaired) electrons. The standard InChI is InChI=1S/C11H13FO3/c1-8(2)7-14-11(13)15-10-5-3-9(12)4-6-10/h3-6,8H,7H2,1-2H3. The first-order chi connectivity index (χ1) is 7.08. The van der Waals surface area contributed by atoms with Crippen LogP contribution in [0.3, 0.4) is 0 Å². The van der Waals surface area contributed by atoms with Crippen LogP contribution in [0.5, 0.6) is 5.75 Å². The van der Waals surface area contributed by atoms with Gasteiger partial charge < -0.3 is 9.47 Å². The molecule has 0 saturated carbocycles. The van der Waals surface area contributed by atoms with Gasteiger partial charge >= 0.3 is 6.16 Å². The van der Waals surface area contributed by atoms with Crippen molar-refractivity contribution in [2.75, 3.05) is 6.61 Å². The van der Waals surface area contributed by atoms with Crippen LogP contribution in [0.2, 0.25) is 0 Å². The zero-order chi connectivity index (χ0) is 11.3. The second-order valence-electron chi connectivity index (χ2n) is 3.51. The molecule has 4 heteroatoms. The van der Waals surface area contributed by atoms with E-state index >= 15 is 0 Å². The van der Waals surface area contributed by atoms with Gasteiger partial charge in [0.25, 0.3) is 0 Å². The molecule has 0 spiro atoms. The minimum Gasteiger partial charge on any atom is -0.434 e. The number of benzene rings is 1. The Labute approximate surface area is 87.8 Å². The predicted molar refractivity (Wildman–Crippen MR) is 53.2 cm³/mol. The van der Waals surface area contributed by atoms with Gasteiger partial charge in [0, 0.05) is 0 Å². The minimum atomic E-state index is -0.768. The van der Waals surface area contributed by atoms with Crippen molar-refractivity contribution in [3.05, 3.63) is 30.1 Å². The van der Waals surface area contributed by atoms with Gasteiger partial charge in [0.2, 0.25) is 0 Å². The van der Waals surface area contributed by atoms with E-state index in [0.717, 1.165) is 0 Å². The quantitative estimate of drug-likeness (QED) is 0.570. The third kappa shape index (κ3) is 4.44. The average Bonchev–Trinajstić information content (AvgIpc) is 2.19. The first kappa shape index (κ1) is 11.5. The Morgan fingerprint density at radius 3 is 2.47 bits per heavy atom. The van der Waals surface area contributed by atoms with Crippen molar-refractivity contribution in [3.8, 4) is 5.75 Å². The number of halogens is 1. The van der Waals surface area contributed by atoms with E-state index in [4.69, 9.17) is 9.47 Å². The molecule has 1 rings (SSSR count). The molecule has 1 aromatic carbocycles. The maximum atomic E-state index is 12.5. The molecule has 0 fully saturated rings. The summed E-state index contributed by atoms with van der Waals surface area (Å²) in [6, 6.07) is 5.16. The molecule has 0 saturated heterocycles. The van der Waals surface area contributed by atoms with Crippen molar-refractivity contribution in [2.24, 2.45) is 5.92 Å². The molecule has 0 bridgehead atoms. The van der Waals surface area contributed by atoms with E-state index in [-0.39, 0.29) is 17.5 Å². The molecule has 0 atom stereocenters. The molecule has 1 aromatic rings. The molecule has 0 aliphatic heterocycles. The Balaban J connectivity index is 2.41. The van der Waals surface area contributed by atoms with E-state index in [2.05, 4.69) is 0 Å². The highest BCUT2D eigenvalue weighted by Gasteiger charge is 2.06. The monoisotopic (exact) mass is 212 g/mol. The summed E-state index contributed by atoms with van der Waals surface area (Å²) in [4.78, 5) is 11.1. The van der Waals surface area contributed by atoms with Gasteiger partial charge in [0.1, 0.15) is 11.6 Å². The van der Waals surface area contributed by atoms with Gasteiger partial charge in [-0.05, 0) is 30.2 Å². The molecule has 0 N–H and O–H groups in total. The zero-order valence-electron chi connectivity index (χ0n) is 8.70. The molecular formula is C11H13FO3. The molecule has 0 aliphatic carbocycles. The van der Waals surface area contributed by atoms with E-state index in [1.807, 2.05) is 13.8 Å². The summed E-state index contributed by atoms with van der Waals surface area (Å²) in [5.41, 5.74) is 0.